The molecule has 0 unspecified atom stereocenters. The normalized spacial score (nSPS) is 18.6. The van der Waals surface area contributed by atoms with E-state index in [2.05, 4.69) is 76.7 Å². The smallest absolute Gasteiger partial charge is 0.319 e. The summed E-state index contributed by atoms with van der Waals surface area (Å²) in [4.78, 5) is 12.4. The van der Waals surface area contributed by atoms with E-state index >= 15 is 0 Å². The van der Waals surface area contributed by atoms with Gasteiger partial charge in [0.1, 0.15) is 11.9 Å². The molecular weight excluding hydrogens is 490 g/mol. The number of benzene rings is 2. The lowest BCUT2D eigenvalue weighted by atomic mass is 9.92. The highest BCUT2D eigenvalue weighted by Gasteiger charge is 2.30. The average Bonchev–Trinajstić information content (AvgIpc) is 3.20. The van der Waals surface area contributed by atoms with E-state index < -0.39 is 0 Å². The minimum Gasteiger partial charge on any atom is -0.490 e. The number of hydrazine groups is 1. The molecular formula is C31H41N5O3. The highest BCUT2D eigenvalue weighted by molar-refractivity contribution is 6.03. The number of aromatic nitrogens is 1. The predicted molar refractivity (Wildman–Crippen MR) is 157 cm³/mol. The maximum Gasteiger partial charge on any atom is 0.319 e. The number of anilines is 2. The second kappa shape index (κ2) is 11.1. The van der Waals surface area contributed by atoms with Gasteiger partial charge in [-0.25, -0.2) is 9.80 Å². The van der Waals surface area contributed by atoms with Crippen LogP contribution in [0, 0.1) is 0 Å². The summed E-state index contributed by atoms with van der Waals surface area (Å²) in [6.45, 7) is 1.53. The van der Waals surface area contributed by atoms with Crippen LogP contribution >= 0.6 is 0 Å². The molecule has 39 heavy (non-hydrogen) atoms. The van der Waals surface area contributed by atoms with Gasteiger partial charge in [-0.05, 0) is 62.8 Å². The summed E-state index contributed by atoms with van der Waals surface area (Å²) in [7, 11) is 6.27. The van der Waals surface area contributed by atoms with Crippen molar-refractivity contribution in [3.63, 3.8) is 0 Å². The Labute approximate surface area is 231 Å². The Kier molecular flexibility index (Phi) is 7.40. The Hall–Kier alpha value is -3.23. The molecule has 3 fully saturated rings. The van der Waals surface area contributed by atoms with E-state index in [-0.39, 0.29) is 12.1 Å². The molecule has 1 aliphatic heterocycles. The van der Waals surface area contributed by atoms with Gasteiger partial charge < -0.3 is 29.7 Å². The predicted octanol–water partition coefficient (Wildman–Crippen LogP) is 6.18. The van der Waals surface area contributed by atoms with E-state index in [9.17, 15) is 4.79 Å². The summed E-state index contributed by atoms with van der Waals surface area (Å²) in [5.74, 6) is 0.926. The van der Waals surface area contributed by atoms with Crippen LogP contribution in [0.3, 0.4) is 0 Å². The summed E-state index contributed by atoms with van der Waals surface area (Å²) in [6, 6.07) is 15.5. The van der Waals surface area contributed by atoms with Crippen molar-refractivity contribution >= 4 is 28.3 Å². The van der Waals surface area contributed by atoms with Crippen LogP contribution in [0.15, 0.2) is 42.5 Å². The van der Waals surface area contributed by atoms with Crippen LogP contribution in [-0.2, 0) is 4.74 Å². The van der Waals surface area contributed by atoms with Crippen LogP contribution in [0.5, 0.6) is 5.75 Å². The van der Waals surface area contributed by atoms with Crippen molar-refractivity contribution in [2.75, 3.05) is 44.7 Å². The Morgan fingerprint density at radius 1 is 0.949 bits per heavy atom. The highest BCUT2D eigenvalue weighted by atomic mass is 16.5. The van der Waals surface area contributed by atoms with E-state index in [1.807, 2.05) is 12.1 Å². The lowest BCUT2D eigenvalue weighted by molar-refractivity contribution is 0.0256. The van der Waals surface area contributed by atoms with Crippen LogP contribution < -0.4 is 20.4 Å². The second-order valence-electron chi connectivity index (χ2n) is 11.4. The molecule has 3 aliphatic rings. The molecule has 2 heterocycles. The quantitative estimate of drug-likeness (QED) is 0.340. The first-order valence-corrected chi connectivity index (χ1v) is 14.5. The molecule has 208 valence electrons. The lowest BCUT2D eigenvalue weighted by Gasteiger charge is -2.32. The number of nitrogens with zero attached hydrogens (tertiary/aromatic N) is 3. The van der Waals surface area contributed by atoms with Gasteiger partial charge >= 0.3 is 6.03 Å². The van der Waals surface area contributed by atoms with Gasteiger partial charge in [0, 0.05) is 68.8 Å². The third kappa shape index (κ3) is 5.32. The topological polar surface area (TPSA) is 71.0 Å². The molecule has 2 amide bonds. The van der Waals surface area contributed by atoms with Crippen molar-refractivity contribution in [2.45, 2.75) is 69.6 Å². The summed E-state index contributed by atoms with van der Waals surface area (Å²) in [5.41, 5.74) is 5.54. The van der Waals surface area contributed by atoms with E-state index in [4.69, 9.17) is 9.47 Å². The number of rotatable bonds is 8. The molecule has 2 N–H and O–H groups in total. The maximum atomic E-state index is 12.4. The maximum absolute atomic E-state index is 12.4. The zero-order valence-corrected chi connectivity index (χ0v) is 23.4. The molecule has 2 aromatic carbocycles. The number of ether oxygens (including phenoxy) is 2. The number of nitrogens with one attached hydrogen (secondary N) is 2. The monoisotopic (exact) mass is 531 g/mol. The van der Waals surface area contributed by atoms with Crippen molar-refractivity contribution in [3.05, 3.63) is 42.5 Å². The Bertz CT molecular complexity index is 1300. The van der Waals surface area contributed by atoms with Crippen molar-refractivity contribution in [1.82, 2.24) is 14.9 Å². The fourth-order valence-corrected chi connectivity index (χ4v) is 5.78. The molecule has 2 saturated carbocycles. The summed E-state index contributed by atoms with van der Waals surface area (Å²) in [6.07, 6.45) is 9.00. The SMILES string of the molecule is CN(C)N(C)c1c(-c2ccc(NC(=O)NC3CCC3)cc2)n(C2CCC2)c2cc(OC3CCOCC3)ccc12. The fourth-order valence-electron chi connectivity index (χ4n) is 5.78. The van der Waals surface area contributed by atoms with Crippen molar-refractivity contribution < 1.29 is 14.3 Å². The van der Waals surface area contributed by atoms with Gasteiger partial charge in [-0.1, -0.05) is 12.1 Å². The molecule has 0 spiro atoms. The molecule has 0 bridgehead atoms. The highest BCUT2D eigenvalue weighted by Crippen LogP contribution is 2.47. The number of urea groups is 1. The van der Waals surface area contributed by atoms with Gasteiger partial charge in [0.05, 0.1) is 30.1 Å². The third-order valence-corrected chi connectivity index (χ3v) is 8.64. The lowest BCUT2D eigenvalue weighted by Crippen LogP contribution is -2.41. The van der Waals surface area contributed by atoms with Crippen molar-refractivity contribution in [1.29, 1.82) is 0 Å². The molecule has 8 heteroatoms. The fraction of sp³-hybridized carbons (Fsp3) is 0.516. The molecule has 0 atom stereocenters. The number of hydrogen-bond acceptors (Lipinski definition) is 5. The molecule has 1 saturated heterocycles. The van der Waals surface area contributed by atoms with Crippen molar-refractivity contribution in [2.24, 2.45) is 0 Å². The first-order chi connectivity index (χ1) is 19.0. The van der Waals surface area contributed by atoms with Crippen LogP contribution in [0.2, 0.25) is 0 Å². The molecule has 0 radical (unpaired) electrons. The van der Waals surface area contributed by atoms with E-state index in [1.165, 1.54) is 48.0 Å². The number of amides is 2. The standard InChI is InChI=1S/C31H41N5O3/c1-34(2)35(3)30-27-15-14-26(39-25-16-18-38-19-17-25)20-28(27)36(24-8-5-9-24)29(30)21-10-12-23(13-11-21)33-31(37)32-22-6-4-7-22/h10-15,20,22,24-25H,4-9,16-19H2,1-3H3,(H2,32,33,37). The zero-order valence-electron chi connectivity index (χ0n) is 23.4. The number of carbonyl (C=O) groups excluding carboxylic acids is 1. The van der Waals surface area contributed by atoms with Gasteiger partial charge in [-0.15, -0.1) is 0 Å². The summed E-state index contributed by atoms with van der Waals surface area (Å²) < 4.78 is 14.5. The molecule has 3 aromatic rings. The number of carbonyl (C=O) groups is 1. The van der Waals surface area contributed by atoms with Crippen LogP contribution in [0.1, 0.15) is 57.4 Å². The molecule has 1 aromatic heterocycles. The van der Waals surface area contributed by atoms with Crippen LogP contribution in [0.25, 0.3) is 22.2 Å². The Morgan fingerprint density at radius 3 is 2.28 bits per heavy atom. The third-order valence-electron chi connectivity index (χ3n) is 8.64. The summed E-state index contributed by atoms with van der Waals surface area (Å²) in [5, 5.41) is 11.6. The van der Waals surface area contributed by atoms with E-state index in [0.717, 1.165) is 55.9 Å². The number of hydrogen-bond donors (Lipinski definition) is 2. The molecule has 8 nitrogen and oxygen atoms in total. The number of fused-ring (bicyclic) bond motifs is 1. The first kappa shape index (κ1) is 26.0. The van der Waals surface area contributed by atoms with E-state index in [1.54, 1.807) is 0 Å². The van der Waals surface area contributed by atoms with Gasteiger partial charge in [0.15, 0.2) is 0 Å². The minimum atomic E-state index is -0.124. The van der Waals surface area contributed by atoms with Crippen LogP contribution in [0.4, 0.5) is 16.2 Å². The van der Waals surface area contributed by atoms with Crippen LogP contribution in [-0.4, -0.2) is 62.1 Å². The second-order valence-corrected chi connectivity index (χ2v) is 11.4. The van der Waals surface area contributed by atoms with Gasteiger partial charge in [-0.2, -0.15) is 0 Å². The minimum absolute atomic E-state index is 0.124. The van der Waals surface area contributed by atoms with Gasteiger partial charge in [0.25, 0.3) is 0 Å². The molecule has 6 rings (SSSR count). The van der Waals surface area contributed by atoms with Gasteiger partial charge in [0.2, 0.25) is 0 Å². The van der Waals surface area contributed by atoms with Gasteiger partial charge in [-0.3, -0.25) is 0 Å². The molecule has 2 aliphatic carbocycles. The summed E-state index contributed by atoms with van der Waals surface area (Å²) >= 11 is 0. The van der Waals surface area contributed by atoms with E-state index in [0.29, 0.717) is 12.1 Å². The zero-order chi connectivity index (χ0) is 26.9. The first-order valence-electron chi connectivity index (χ1n) is 14.5. The van der Waals surface area contributed by atoms with Crippen molar-refractivity contribution in [3.8, 4) is 17.0 Å². The largest absolute Gasteiger partial charge is 0.490 e. The Balaban J connectivity index is 1.38. The average molecular weight is 532 g/mol. The Morgan fingerprint density at radius 2 is 1.67 bits per heavy atom.